The Labute approximate surface area is 205 Å². The number of nitrogens with zero attached hydrogens (tertiary/aromatic N) is 1. The minimum Gasteiger partial charge on any atom is -0.395 e. The standard InChI is InChI=1S/C31H29NO3/c33-18-31-24-12-6-4-10-22(24)26(23-11-5-7-13-25(23)31)27-28(31)30(35)32(29(27)34)21-16-14-20(15-17-21)19-8-2-1-3-9-19/h4-7,10-17,19,26-28,33H,1-3,8-9,18H2/t26?,27-,28+,31?/m0/s1. The third kappa shape index (κ3) is 2.66. The van der Waals surface area contributed by atoms with Gasteiger partial charge in [-0.25, -0.2) is 4.90 Å². The molecule has 4 aliphatic carbocycles. The summed E-state index contributed by atoms with van der Waals surface area (Å²) in [4.78, 5) is 29.5. The van der Waals surface area contributed by atoms with E-state index in [1.54, 1.807) is 0 Å². The van der Waals surface area contributed by atoms with Crippen molar-refractivity contribution in [2.45, 2.75) is 49.4 Å². The maximum Gasteiger partial charge on any atom is 0.239 e. The molecular weight excluding hydrogens is 434 g/mol. The molecule has 2 bridgehead atoms. The molecule has 1 saturated heterocycles. The zero-order valence-corrected chi connectivity index (χ0v) is 19.7. The Bertz CT molecular complexity index is 1290. The van der Waals surface area contributed by atoms with Crippen LogP contribution in [0.25, 0.3) is 0 Å². The van der Waals surface area contributed by atoms with E-state index < -0.39 is 17.3 Å². The van der Waals surface area contributed by atoms with Crippen molar-refractivity contribution in [1.82, 2.24) is 0 Å². The molecule has 0 unspecified atom stereocenters. The van der Waals surface area contributed by atoms with E-state index in [0.29, 0.717) is 11.6 Å². The third-order valence-electron chi connectivity index (χ3n) is 9.27. The van der Waals surface area contributed by atoms with Crippen LogP contribution in [0.3, 0.4) is 0 Å². The summed E-state index contributed by atoms with van der Waals surface area (Å²) in [6, 6.07) is 24.2. The van der Waals surface area contributed by atoms with Crippen LogP contribution < -0.4 is 4.90 Å². The molecular formula is C31H29NO3. The lowest BCUT2D eigenvalue weighted by molar-refractivity contribution is -0.124. The van der Waals surface area contributed by atoms with Gasteiger partial charge in [-0.1, -0.05) is 79.9 Å². The Morgan fingerprint density at radius 2 is 1.37 bits per heavy atom. The van der Waals surface area contributed by atoms with Crippen molar-refractivity contribution in [2.24, 2.45) is 11.8 Å². The SMILES string of the molecule is O=C1[C@H]2C3c4ccccc4C(CO)(c4ccccc43)[C@H]2C(=O)N1c1ccc(C2CCCCC2)cc1. The quantitative estimate of drug-likeness (QED) is 0.538. The van der Waals surface area contributed by atoms with Gasteiger partial charge in [-0.05, 0) is 58.7 Å². The molecule has 1 saturated carbocycles. The second-order valence-corrected chi connectivity index (χ2v) is 10.7. The summed E-state index contributed by atoms with van der Waals surface area (Å²) in [5.74, 6) is -1.04. The van der Waals surface area contributed by atoms with Crippen LogP contribution in [0.2, 0.25) is 0 Å². The van der Waals surface area contributed by atoms with Crippen molar-refractivity contribution in [2.75, 3.05) is 11.5 Å². The Kier molecular flexibility index (Phi) is 4.59. The Morgan fingerprint density at radius 1 is 0.771 bits per heavy atom. The Morgan fingerprint density at radius 3 is 1.97 bits per heavy atom. The average Bonchev–Trinajstić information content (AvgIpc) is 3.20. The predicted molar refractivity (Wildman–Crippen MR) is 134 cm³/mol. The predicted octanol–water partition coefficient (Wildman–Crippen LogP) is 5.28. The minimum atomic E-state index is -0.907. The van der Waals surface area contributed by atoms with Crippen molar-refractivity contribution >= 4 is 17.5 Å². The summed E-state index contributed by atoms with van der Waals surface area (Å²) in [6.45, 7) is -0.206. The third-order valence-corrected chi connectivity index (χ3v) is 9.27. The Hall–Kier alpha value is -3.24. The van der Waals surface area contributed by atoms with E-state index >= 15 is 0 Å². The van der Waals surface area contributed by atoms with E-state index in [1.165, 1.54) is 42.6 Å². The maximum atomic E-state index is 14.1. The largest absolute Gasteiger partial charge is 0.395 e. The van der Waals surface area contributed by atoms with Crippen LogP contribution in [-0.2, 0) is 15.0 Å². The van der Waals surface area contributed by atoms with E-state index in [9.17, 15) is 14.7 Å². The van der Waals surface area contributed by atoms with Gasteiger partial charge in [-0.15, -0.1) is 0 Å². The lowest BCUT2D eigenvalue weighted by Gasteiger charge is -2.53. The fourth-order valence-electron chi connectivity index (χ4n) is 7.78. The Balaban J connectivity index is 1.34. The van der Waals surface area contributed by atoms with Gasteiger partial charge in [-0.2, -0.15) is 0 Å². The molecule has 2 fully saturated rings. The number of rotatable bonds is 3. The fourth-order valence-corrected chi connectivity index (χ4v) is 7.78. The number of amides is 2. The second-order valence-electron chi connectivity index (χ2n) is 10.7. The molecule has 0 spiro atoms. The average molecular weight is 464 g/mol. The number of hydrogen-bond donors (Lipinski definition) is 1. The number of carbonyl (C=O) groups is 2. The maximum absolute atomic E-state index is 14.1. The van der Waals surface area contributed by atoms with Crippen molar-refractivity contribution < 1.29 is 14.7 Å². The van der Waals surface area contributed by atoms with Crippen LogP contribution in [0.4, 0.5) is 5.69 Å². The molecule has 0 radical (unpaired) electrons. The van der Waals surface area contributed by atoms with Gasteiger partial charge < -0.3 is 5.11 Å². The first-order valence-corrected chi connectivity index (χ1v) is 12.9. The summed E-state index contributed by atoms with van der Waals surface area (Å²) >= 11 is 0. The van der Waals surface area contributed by atoms with Crippen LogP contribution in [0.15, 0.2) is 72.8 Å². The van der Waals surface area contributed by atoms with Crippen molar-refractivity contribution in [3.8, 4) is 0 Å². The van der Waals surface area contributed by atoms with Gasteiger partial charge in [0.25, 0.3) is 0 Å². The fraction of sp³-hybridized carbons (Fsp3) is 0.355. The highest BCUT2D eigenvalue weighted by atomic mass is 16.3. The summed E-state index contributed by atoms with van der Waals surface area (Å²) in [7, 11) is 0. The molecule has 0 aromatic heterocycles. The molecule has 5 aliphatic rings. The zero-order valence-electron chi connectivity index (χ0n) is 19.7. The number of anilines is 1. The van der Waals surface area contributed by atoms with Gasteiger partial charge >= 0.3 is 0 Å². The van der Waals surface area contributed by atoms with Gasteiger partial charge in [0.2, 0.25) is 11.8 Å². The minimum absolute atomic E-state index is 0.141. The number of aliphatic hydroxyl groups excluding tert-OH is 1. The molecule has 1 aliphatic heterocycles. The topological polar surface area (TPSA) is 57.6 Å². The lowest BCUT2D eigenvalue weighted by atomic mass is 9.47. The van der Waals surface area contributed by atoms with E-state index in [0.717, 1.165) is 22.3 Å². The first-order valence-electron chi connectivity index (χ1n) is 12.9. The molecule has 2 amide bonds. The number of imide groups is 1. The molecule has 4 heteroatoms. The lowest BCUT2D eigenvalue weighted by Crippen LogP contribution is -2.55. The molecule has 176 valence electrons. The van der Waals surface area contributed by atoms with Gasteiger partial charge in [-0.3, -0.25) is 9.59 Å². The molecule has 1 N–H and O–H groups in total. The molecule has 2 atom stereocenters. The van der Waals surface area contributed by atoms with Gasteiger partial charge in [0.05, 0.1) is 29.5 Å². The monoisotopic (exact) mass is 463 g/mol. The highest BCUT2D eigenvalue weighted by molar-refractivity contribution is 6.23. The van der Waals surface area contributed by atoms with E-state index in [1.807, 2.05) is 48.5 Å². The van der Waals surface area contributed by atoms with E-state index in [-0.39, 0.29) is 24.3 Å². The first kappa shape index (κ1) is 21.1. The molecule has 4 nitrogen and oxygen atoms in total. The molecule has 35 heavy (non-hydrogen) atoms. The van der Waals surface area contributed by atoms with Crippen molar-refractivity contribution in [1.29, 1.82) is 0 Å². The molecule has 8 rings (SSSR count). The number of hydrogen-bond acceptors (Lipinski definition) is 3. The summed E-state index contributed by atoms with van der Waals surface area (Å²) in [5, 5.41) is 11.0. The van der Waals surface area contributed by atoms with Crippen LogP contribution in [-0.4, -0.2) is 23.5 Å². The highest BCUT2D eigenvalue weighted by Gasteiger charge is 2.68. The summed E-state index contributed by atoms with van der Waals surface area (Å²) in [6.07, 6.45) is 6.27. The van der Waals surface area contributed by atoms with Crippen LogP contribution in [0.5, 0.6) is 0 Å². The first-order chi connectivity index (χ1) is 17.2. The highest BCUT2D eigenvalue weighted by Crippen LogP contribution is 2.64. The summed E-state index contributed by atoms with van der Waals surface area (Å²) in [5.41, 5.74) is 5.16. The second kappa shape index (κ2) is 7.63. The number of carbonyl (C=O) groups excluding carboxylic acids is 2. The molecule has 1 heterocycles. The number of benzene rings is 3. The number of aliphatic hydroxyl groups is 1. The van der Waals surface area contributed by atoms with Gasteiger partial charge in [0.1, 0.15) is 0 Å². The summed E-state index contributed by atoms with van der Waals surface area (Å²) < 4.78 is 0. The molecule has 3 aromatic rings. The molecule has 3 aromatic carbocycles. The van der Waals surface area contributed by atoms with Crippen molar-refractivity contribution in [3.63, 3.8) is 0 Å². The normalized spacial score (nSPS) is 29.2. The van der Waals surface area contributed by atoms with E-state index in [4.69, 9.17) is 0 Å². The van der Waals surface area contributed by atoms with Crippen LogP contribution >= 0.6 is 0 Å². The van der Waals surface area contributed by atoms with Gasteiger partial charge in [0, 0.05) is 5.92 Å². The van der Waals surface area contributed by atoms with E-state index in [2.05, 4.69) is 24.3 Å². The zero-order chi connectivity index (χ0) is 23.7. The smallest absolute Gasteiger partial charge is 0.239 e. The van der Waals surface area contributed by atoms with Gasteiger partial charge in [0.15, 0.2) is 0 Å². The van der Waals surface area contributed by atoms with Crippen molar-refractivity contribution in [3.05, 3.63) is 101 Å². The van der Waals surface area contributed by atoms with Crippen LogP contribution in [0.1, 0.15) is 71.8 Å². The van der Waals surface area contributed by atoms with Crippen LogP contribution in [0, 0.1) is 11.8 Å².